The molecule has 176 valence electrons. The van der Waals surface area contributed by atoms with Crippen molar-refractivity contribution < 1.29 is 13.2 Å². The average Bonchev–Trinajstić information content (AvgIpc) is 3.19. The highest BCUT2D eigenvalue weighted by atomic mass is 35.5. The van der Waals surface area contributed by atoms with Crippen molar-refractivity contribution in [2.45, 2.75) is 69.6 Å². The fourth-order valence-corrected chi connectivity index (χ4v) is 7.06. The third-order valence-corrected chi connectivity index (χ3v) is 9.03. The van der Waals surface area contributed by atoms with Gasteiger partial charge >= 0.3 is 0 Å². The number of rotatable bonds is 7. The number of morpholine rings is 1. The minimum Gasteiger partial charge on any atom is -0.374 e. The Kier molecular flexibility index (Phi) is 7.93. The zero-order valence-corrected chi connectivity index (χ0v) is 21.3. The van der Waals surface area contributed by atoms with E-state index in [2.05, 4.69) is 28.9 Å². The molecule has 32 heavy (non-hydrogen) atoms. The second-order valence-electron chi connectivity index (χ2n) is 9.38. The zero-order valence-electron chi connectivity index (χ0n) is 18.9. The molecule has 1 aliphatic carbocycles. The summed E-state index contributed by atoms with van der Waals surface area (Å²) in [5.74, 6) is 0.659. The van der Waals surface area contributed by atoms with Gasteiger partial charge in [0.05, 0.1) is 23.5 Å². The molecule has 1 aliphatic heterocycles. The van der Waals surface area contributed by atoms with Crippen LogP contribution in [-0.4, -0.2) is 61.6 Å². The number of hydrogen-bond donors (Lipinski definition) is 0. The van der Waals surface area contributed by atoms with Crippen molar-refractivity contribution in [3.63, 3.8) is 0 Å². The highest BCUT2D eigenvalue weighted by Gasteiger charge is 2.37. The van der Waals surface area contributed by atoms with Gasteiger partial charge in [0.25, 0.3) is 0 Å². The van der Waals surface area contributed by atoms with E-state index in [1.165, 1.54) is 21.7 Å². The van der Waals surface area contributed by atoms with Crippen LogP contribution in [0.5, 0.6) is 0 Å². The molecular formula is C24H33ClN2O3S2. The van der Waals surface area contributed by atoms with Gasteiger partial charge in [0, 0.05) is 46.9 Å². The monoisotopic (exact) mass is 496 g/mol. The summed E-state index contributed by atoms with van der Waals surface area (Å²) in [4.78, 5) is 8.47. The van der Waals surface area contributed by atoms with Gasteiger partial charge in [-0.05, 0) is 63.1 Å². The van der Waals surface area contributed by atoms with E-state index in [0.717, 1.165) is 43.5 Å². The lowest BCUT2D eigenvalue weighted by molar-refractivity contribution is -0.0778. The van der Waals surface area contributed by atoms with Crippen LogP contribution >= 0.6 is 22.9 Å². The van der Waals surface area contributed by atoms with E-state index in [1.807, 2.05) is 29.7 Å². The fourth-order valence-electron chi connectivity index (χ4n) is 5.11. The van der Waals surface area contributed by atoms with E-state index in [1.54, 1.807) is 0 Å². The van der Waals surface area contributed by atoms with Gasteiger partial charge in [0.2, 0.25) is 0 Å². The molecule has 1 saturated heterocycles. The van der Waals surface area contributed by atoms with Crippen molar-refractivity contribution in [3.8, 4) is 0 Å². The number of aromatic nitrogens is 1. The van der Waals surface area contributed by atoms with Crippen LogP contribution in [0.15, 0.2) is 30.5 Å². The lowest BCUT2D eigenvalue weighted by Gasteiger charge is -2.46. The number of nitrogens with zero attached hydrogens (tertiary/aromatic N) is 2. The topological polar surface area (TPSA) is 59.5 Å². The maximum absolute atomic E-state index is 11.9. The number of halogens is 1. The number of benzene rings is 1. The first-order valence-corrected chi connectivity index (χ1v) is 14.7. The van der Waals surface area contributed by atoms with Crippen LogP contribution < -0.4 is 0 Å². The lowest BCUT2D eigenvalue weighted by atomic mass is 9.84. The Hall–Kier alpha value is -0.990. The first kappa shape index (κ1) is 24.1. The van der Waals surface area contributed by atoms with Crippen LogP contribution in [0.25, 0.3) is 0 Å². The summed E-state index contributed by atoms with van der Waals surface area (Å²) in [7, 11) is -3.07. The molecule has 2 aromatic rings. The molecule has 4 rings (SSSR count). The van der Waals surface area contributed by atoms with Crippen molar-refractivity contribution in [1.29, 1.82) is 0 Å². The smallest absolute Gasteiger partial charge is 0.150 e. The average molecular weight is 497 g/mol. The molecule has 2 fully saturated rings. The summed E-state index contributed by atoms with van der Waals surface area (Å²) < 4.78 is 29.8. The van der Waals surface area contributed by atoms with Crippen LogP contribution in [0.1, 0.15) is 53.5 Å². The number of sulfone groups is 1. The van der Waals surface area contributed by atoms with Crippen LogP contribution in [-0.2, 0) is 21.0 Å². The van der Waals surface area contributed by atoms with Crippen molar-refractivity contribution >= 4 is 32.8 Å². The molecule has 0 bridgehead atoms. The maximum Gasteiger partial charge on any atom is 0.150 e. The molecule has 2 aliphatic rings. The van der Waals surface area contributed by atoms with Gasteiger partial charge in [-0.2, -0.15) is 0 Å². The third kappa shape index (κ3) is 6.54. The summed E-state index contributed by atoms with van der Waals surface area (Å²) in [6.45, 7) is 3.41. The third-order valence-electron chi connectivity index (χ3n) is 6.73. The zero-order chi connectivity index (χ0) is 22.7. The lowest BCUT2D eigenvalue weighted by Crippen LogP contribution is -2.56. The van der Waals surface area contributed by atoms with Gasteiger partial charge in [-0.25, -0.2) is 13.4 Å². The predicted octanol–water partition coefficient (Wildman–Crippen LogP) is 4.88. The first-order chi connectivity index (χ1) is 15.3. The van der Waals surface area contributed by atoms with Gasteiger partial charge in [-0.15, -0.1) is 11.3 Å². The molecule has 0 amide bonds. The van der Waals surface area contributed by atoms with E-state index in [0.29, 0.717) is 31.2 Å². The fraction of sp³-hybridized carbons (Fsp3) is 0.625. The summed E-state index contributed by atoms with van der Waals surface area (Å²) in [5.41, 5.74) is 1.27. The quantitative estimate of drug-likeness (QED) is 0.546. The Labute approximate surface area is 201 Å². The van der Waals surface area contributed by atoms with Gasteiger partial charge in [0.1, 0.15) is 9.84 Å². The highest BCUT2D eigenvalue weighted by Crippen LogP contribution is 2.38. The maximum atomic E-state index is 11.9. The Balaban J connectivity index is 1.41. The largest absolute Gasteiger partial charge is 0.374 e. The van der Waals surface area contributed by atoms with Crippen LogP contribution in [0.3, 0.4) is 0 Å². The summed E-state index contributed by atoms with van der Waals surface area (Å²) in [6.07, 6.45) is 9.57. The molecule has 2 atom stereocenters. The molecular weight excluding hydrogens is 464 g/mol. The molecule has 0 radical (unpaired) electrons. The van der Waals surface area contributed by atoms with E-state index >= 15 is 0 Å². The summed E-state index contributed by atoms with van der Waals surface area (Å²) in [5, 5.41) is 2.03. The normalized spacial score (nSPS) is 27.5. The first-order valence-electron chi connectivity index (χ1n) is 11.5. The van der Waals surface area contributed by atoms with E-state index in [4.69, 9.17) is 16.3 Å². The second-order valence-corrected chi connectivity index (χ2v) is 13.3. The van der Waals surface area contributed by atoms with Gasteiger partial charge in [-0.1, -0.05) is 23.7 Å². The Morgan fingerprint density at radius 3 is 2.53 bits per heavy atom. The van der Waals surface area contributed by atoms with Crippen molar-refractivity contribution in [2.24, 2.45) is 0 Å². The molecule has 1 aromatic carbocycles. The number of thiazole rings is 1. The highest BCUT2D eigenvalue weighted by molar-refractivity contribution is 7.90. The Morgan fingerprint density at radius 2 is 1.91 bits per heavy atom. The van der Waals surface area contributed by atoms with Crippen LogP contribution in [0.2, 0.25) is 5.02 Å². The van der Waals surface area contributed by atoms with E-state index in [-0.39, 0.29) is 11.9 Å². The summed E-state index contributed by atoms with van der Waals surface area (Å²) in [6, 6.07) is 8.85. The summed E-state index contributed by atoms with van der Waals surface area (Å²) >= 11 is 7.85. The molecule has 0 spiro atoms. The minimum absolute atomic E-state index is 0.0984. The predicted molar refractivity (Wildman–Crippen MR) is 132 cm³/mol. The van der Waals surface area contributed by atoms with E-state index in [9.17, 15) is 8.42 Å². The molecule has 1 saturated carbocycles. The minimum atomic E-state index is -3.07. The Morgan fingerprint density at radius 1 is 1.19 bits per heavy atom. The number of hydrogen-bond acceptors (Lipinski definition) is 6. The molecule has 8 heteroatoms. The standard InChI is InChI=1S/C24H33ClN2O3S2/c1-17-13-26-24(31-17)19-6-11-21(12-7-19)27-14-23(16-32(2,28)29)30-15-22(27)10-5-18-3-8-20(25)9-4-18/h3-4,8-9,13,19,21-23H,5-7,10-12,14-16H2,1-2H3/t19?,21?,22-,23+/m0/s1. The molecule has 0 N–H and O–H groups in total. The van der Waals surface area contributed by atoms with Gasteiger partial charge in [-0.3, -0.25) is 4.90 Å². The van der Waals surface area contributed by atoms with E-state index < -0.39 is 9.84 Å². The molecule has 0 unspecified atom stereocenters. The molecule has 2 heterocycles. The van der Waals surface area contributed by atoms with Crippen LogP contribution in [0.4, 0.5) is 0 Å². The second kappa shape index (κ2) is 10.5. The number of aryl methyl sites for hydroxylation is 2. The molecule has 1 aromatic heterocycles. The number of ether oxygens (including phenoxy) is 1. The molecule has 5 nitrogen and oxygen atoms in total. The van der Waals surface area contributed by atoms with Gasteiger partial charge < -0.3 is 4.74 Å². The van der Waals surface area contributed by atoms with Crippen LogP contribution in [0, 0.1) is 6.92 Å². The van der Waals surface area contributed by atoms with Crippen molar-refractivity contribution in [3.05, 3.63) is 50.9 Å². The van der Waals surface area contributed by atoms with Crippen molar-refractivity contribution in [1.82, 2.24) is 9.88 Å². The SMILES string of the molecule is Cc1cnc(C2CCC(N3C[C@H](CS(C)(=O)=O)OC[C@@H]3CCc3ccc(Cl)cc3)CC2)s1. The van der Waals surface area contributed by atoms with Gasteiger partial charge in [0.15, 0.2) is 0 Å². The Bertz CT molecular complexity index is 985. The van der Waals surface area contributed by atoms with Crippen molar-refractivity contribution in [2.75, 3.05) is 25.2 Å².